The van der Waals surface area contributed by atoms with Gasteiger partial charge in [0.25, 0.3) is 0 Å². The first kappa shape index (κ1) is 14.5. The monoisotopic (exact) mass is 346 g/mol. The zero-order valence-electron chi connectivity index (χ0n) is 10.7. The Hall–Kier alpha value is -0.880. The van der Waals surface area contributed by atoms with E-state index < -0.39 is 0 Å². The molecule has 0 saturated carbocycles. The molecule has 0 atom stereocenters. The van der Waals surface area contributed by atoms with Crippen LogP contribution in [0.4, 0.5) is 5.82 Å². The van der Waals surface area contributed by atoms with E-state index in [1.54, 1.807) is 13.1 Å². The molecular weight excluding hydrogens is 332 g/mol. The molecule has 1 aromatic rings. The Morgan fingerprint density at radius 1 is 1.58 bits per heavy atom. The number of carbonyl (C=O) groups excluding carboxylic acids is 1. The lowest BCUT2D eigenvalue weighted by atomic mass is 9.97. The van der Waals surface area contributed by atoms with Crippen LogP contribution in [0.5, 0.6) is 0 Å². The summed E-state index contributed by atoms with van der Waals surface area (Å²) in [5, 5.41) is 3.14. The number of rotatable bonds is 3. The van der Waals surface area contributed by atoms with Crippen molar-refractivity contribution in [3.8, 4) is 0 Å². The first-order valence-electron chi connectivity index (χ1n) is 6.23. The molecule has 1 fully saturated rings. The molecule has 1 aromatic heterocycles. The minimum Gasteiger partial charge on any atom is -0.356 e. The number of hydrogen-bond acceptors (Lipinski definition) is 4. The number of amides is 1. The first-order chi connectivity index (χ1) is 9.06. The van der Waals surface area contributed by atoms with Crippen molar-refractivity contribution in [2.45, 2.75) is 19.8 Å². The fraction of sp³-hybridized carbons (Fsp3) is 0.583. The summed E-state index contributed by atoms with van der Waals surface area (Å²) in [7, 11) is 0. The van der Waals surface area contributed by atoms with Crippen LogP contribution in [0.3, 0.4) is 0 Å². The van der Waals surface area contributed by atoms with Gasteiger partial charge in [0.2, 0.25) is 11.2 Å². The number of aromatic nitrogens is 2. The predicted molar refractivity (Wildman–Crippen MR) is 78.4 cm³/mol. The summed E-state index contributed by atoms with van der Waals surface area (Å²) in [5.74, 6) is 1.42. The van der Waals surface area contributed by atoms with Gasteiger partial charge in [0, 0.05) is 32.8 Å². The third kappa shape index (κ3) is 4.04. The van der Waals surface area contributed by atoms with Crippen molar-refractivity contribution >= 4 is 39.3 Å². The molecule has 2 heterocycles. The van der Waals surface area contributed by atoms with Crippen LogP contribution in [-0.2, 0) is 4.79 Å². The van der Waals surface area contributed by atoms with Crippen molar-refractivity contribution in [3.05, 3.63) is 16.0 Å². The fourth-order valence-corrected chi connectivity index (χ4v) is 2.77. The second kappa shape index (κ2) is 6.52. The molecule has 2 rings (SSSR count). The number of nitrogens with one attached hydrogen (secondary N) is 1. The summed E-state index contributed by atoms with van der Waals surface area (Å²) in [5.41, 5.74) is 0. The molecule has 0 spiro atoms. The highest BCUT2D eigenvalue weighted by atomic mass is 79.9. The summed E-state index contributed by atoms with van der Waals surface area (Å²) in [4.78, 5) is 21.3. The van der Waals surface area contributed by atoms with E-state index in [0.717, 1.165) is 42.8 Å². The summed E-state index contributed by atoms with van der Waals surface area (Å²) < 4.78 is 0.859. The Morgan fingerprint density at radius 3 is 2.89 bits per heavy atom. The molecule has 7 heteroatoms. The molecule has 19 heavy (non-hydrogen) atoms. The summed E-state index contributed by atoms with van der Waals surface area (Å²) >= 11 is 9.28. The van der Waals surface area contributed by atoms with Gasteiger partial charge in [0.1, 0.15) is 5.82 Å². The highest BCUT2D eigenvalue weighted by Crippen LogP contribution is 2.28. The topological polar surface area (TPSA) is 58.1 Å². The van der Waals surface area contributed by atoms with Gasteiger partial charge >= 0.3 is 0 Å². The molecule has 1 aliphatic rings. The summed E-state index contributed by atoms with van der Waals surface area (Å²) in [6, 6.07) is 0. The average molecular weight is 348 g/mol. The maximum absolute atomic E-state index is 10.9. The second-order valence-electron chi connectivity index (χ2n) is 4.68. The quantitative estimate of drug-likeness (QED) is 0.852. The van der Waals surface area contributed by atoms with Crippen molar-refractivity contribution in [2.24, 2.45) is 5.92 Å². The summed E-state index contributed by atoms with van der Waals surface area (Å²) in [6.07, 6.45) is 3.75. The third-order valence-corrected chi connectivity index (χ3v) is 3.99. The van der Waals surface area contributed by atoms with Crippen LogP contribution in [-0.4, -0.2) is 35.5 Å². The van der Waals surface area contributed by atoms with Gasteiger partial charge in [-0.3, -0.25) is 4.79 Å². The molecular formula is C12H16BrClN4O. The normalized spacial score (nSPS) is 16.5. The van der Waals surface area contributed by atoms with E-state index in [1.165, 1.54) is 0 Å². The lowest BCUT2D eigenvalue weighted by Gasteiger charge is -2.33. The van der Waals surface area contributed by atoms with Crippen LogP contribution in [0.2, 0.25) is 5.28 Å². The predicted octanol–water partition coefficient (Wildman–Crippen LogP) is 2.25. The Morgan fingerprint density at radius 2 is 2.26 bits per heavy atom. The van der Waals surface area contributed by atoms with E-state index >= 15 is 0 Å². The maximum Gasteiger partial charge on any atom is 0.224 e. The van der Waals surface area contributed by atoms with E-state index in [9.17, 15) is 4.79 Å². The Balaban J connectivity index is 1.92. The Labute approximate surface area is 125 Å². The largest absolute Gasteiger partial charge is 0.356 e. The van der Waals surface area contributed by atoms with Crippen molar-refractivity contribution in [3.63, 3.8) is 0 Å². The highest BCUT2D eigenvalue weighted by Gasteiger charge is 2.22. The van der Waals surface area contributed by atoms with Gasteiger partial charge in [0.05, 0.1) is 4.47 Å². The zero-order chi connectivity index (χ0) is 13.8. The number of halogens is 2. The summed E-state index contributed by atoms with van der Waals surface area (Å²) in [6.45, 7) is 4.14. The molecule has 0 unspecified atom stereocenters. The fourth-order valence-electron chi connectivity index (χ4n) is 2.20. The lowest BCUT2D eigenvalue weighted by Crippen LogP contribution is -2.38. The van der Waals surface area contributed by atoms with Gasteiger partial charge in [-0.2, -0.15) is 4.98 Å². The minimum absolute atomic E-state index is 0.0350. The molecule has 0 bridgehead atoms. The highest BCUT2D eigenvalue weighted by molar-refractivity contribution is 9.10. The van der Waals surface area contributed by atoms with Gasteiger partial charge in [0.15, 0.2) is 0 Å². The van der Waals surface area contributed by atoms with Crippen LogP contribution >= 0.6 is 27.5 Å². The maximum atomic E-state index is 10.9. The van der Waals surface area contributed by atoms with Crippen molar-refractivity contribution in [2.75, 3.05) is 24.5 Å². The molecule has 1 N–H and O–H groups in total. The standard InChI is InChI=1S/C12H16BrClN4O/c1-8(19)15-6-9-2-4-18(5-3-9)11-10(13)7-16-12(14)17-11/h7,9H,2-6H2,1H3,(H,15,19). The van der Waals surface area contributed by atoms with Gasteiger partial charge in [-0.15, -0.1) is 0 Å². The SMILES string of the molecule is CC(=O)NCC1CCN(c2nc(Cl)ncc2Br)CC1. The van der Waals surface area contributed by atoms with Crippen molar-refractivity contribution in [1.82, 2.24) is 15.3 Å². The van der Waals surface area contributed by atoms with E-state index in [4.69, 9.17) is 11.6 Å². The number of piperidine rings is 1. The van der Waals surface area contributed by atoms with Crippen LogP contribution in [0.25, 0.3) is 0 Å². The third-order valence-electron chi connectivity index (χ3n) is 3.25. The molecule has 1 saturated heterocycles. The molecule has 0 aromatic carbocycles. The van der Waals surface area contributed by atoms with E-state index in [2.05, 4.69) is 36.1 Å². The van der Waals surface area contributed by atoms with Gasteiger partial charge < -0.3 is 10.2 Å². The lowest BCUT2D eigenvalue weighted by molar-refractivity contribution is -0.119. The van der Waals surface area contributed by atoms with Crippen LogP contribution in [0, 0.1) is 5.92 Å². The van der Waals surface area contributed by atoms with E-state index in [-0.39, 0.29) is 11.2 Å². The number of anilines is 1. The molecule has 5 nitrogen and oxygen atoms in total. The molecule has 0 aliphatic carbocycles. The van der Waals surface area contributed by atoms with Crippen LogP contribution in [0.15, 0.2) is 10.7 Å². The first-order valence-corrected chi connectivity index (χ1v) is 7.41. The number of hydrogen-bond donors (Lipinski definition) is 1. The number of carbonyl (C=O) groups is 1. The molecule has 1 aliphatic heterocycles. The van der Waals surface area contributed by atoms with E-state index in [0.29, 0.717) is 5.92 Å². The second-order valence-corrected chi connectivity index (χ2v) is 5.87. The Bertz CT molecular complexity index is 463. The van der Waals surface area contributed by atoms with Crippen LogP contribution < -0.4 is 10.2 Å². The molecule has 0 radical (unpaired) electrons. The smallest absolute Gasteiger partial charge is 0.224 e. The van der Waals surface area contributed by atoms with Crippen LogP contribution in [0.1, 0.15) is 19.8 Å². The molecule has 104 valence electrons. The van der Waals surface area contributed by atoms with Crippen molar-refractivity contribution < 1.29 is 4.79 Å². The average Bonchev–Trinajstić information content (AvgIpc) is 2.40. The Kier molecular flexibility index (Phi) is 4.99. The minimum atomic E-state index is 0.0350. The zero-order valence-corrected chi connectivity index (χ0v) is 13.0. The van der Waals surface area contributed by atoms with Crippen molar-refractivity contribution in [1.29, 1.82) is 0 Å². The van der Waals surface area contributed by atoms with E-state index in [1.807, 2.05) is 0 Å². The van der Waals surface area contributed by atoms with Gasteiger partial charge in [-0.1, -0.05) is 0 Å². The molecule has 1 amide bonds. The van der Waals surface area contributed by atoms with Gasteiger partial charge in [-0.05, 0) is 46.3 Å². The number of nitrogens with zero attached hydrogens (tertiary/aromatic N) is 3. The van der Waals surface area contributed by atoms with Gasteiger partial charge in [-0.25, -0.2) is 4.98 Å².